The highest BCUT2D eigenvalue weighted by atomic mass is 16.5. The van der Waals surface area contributed by atoms with Gasteiger partial charge in [-0.25, -0.2) is 0 Å². The van der Waals surface area contributed by atoms with E-state index in [1.807, 2.05) is 42.5 Å². The van der Waals surface area contributed by atoms with Crippen LogP contribution in [0.25, 0.3) is 0 Å². The van der Waals surface area contributed by atoms with Crippen LogP contribution in [0.15, 0.2) is 53.5 Å². The number of benzene rings is 2. The number of carbonyl (C=O) groups is 1. The Bertz CT molecular complexity index is 793. The van der Waals surface area contributed by atoms with Gasteiger partial charge in [0.05, 0.1) is 6.61 Å². The third kappa shape index (κ3) is 6.92. The number of nitrogens with one attached hydrogen (secondary N) is 3. The van der Waals surface area contributed by atoms with Gasteiger partial charge in [-0.15, -0.1) is 0 Å². The number of rotatable bonds is 9. The first kappa shape index (κ1) is 21.2. The summed E-state index contributed by atoms with van der Waals surface area (Å²) < 4.78 is 10.7. The number of guanidine groups is 1. The van der Waals surface area contributed by atoms with Crippen molar-refractivity contribution in [3.63, 3.8) is 0 Å². The Kier molecular flexibility index (Phi) is 8.81. The van der Waals surface area contributed by atoms with Crippen molar-refractivity contribution in [3.05, 3.63) is 59.7 Å². The topological polar surface area (TPSA) is 84.0 Å². The second kappa shape index (κ2) is 11.6. The molecule has 28 heavy (non-hydrogen) atoms. The molecule has 7 nitrogen and oxygen atoms in total. The summed E-state index contributed by atoms with van der Waals surface area (Å²) in [7, 11) is 5.01. The van der Waals surface area contributed by atoms with Gasteiger partial charge in [0, 0.05) is 58.1 Å². The van der Waals surface area contributed by atoms with Crippen molar-refractivity contribution in [3.8, 4) is 5.75 Å². The van der Waals surface area contributed by atoms with Crippen molar-refractivity contribution in [1.82, 2.24) is 10.6 Å². The monoisotopic (exact) mass is 384 g/mol. The van der Waals surface area contributed by atoms with Gasteiger partial charge in [-0.2, -0.15) is 0 Å². The molecular weight excluding hydrogens is 356 g/mol. The summed E-state index contributed by atoms with van der Waals surface area (Å²) in [6, 6.07) is 15.2. The molecule has 0 unspecified atom stereocenters. The van der Waals surface area contributed by atoms with Crippen molar-refractivity contribution in [1.29, 1.82) is 0 Å². The van der Waals surface area contributed by atoms with Gasteiger partial charge in [0.2, 0.25) is 0 Å². The van der Waals surface area contributed by atoms with E-state index in [9.17, 15) is 4.79 Å². The van der Waals surface area contributed by atoms with Gasteiger partial charge in [-0.1, -0.05) is 18.2 Å². The fourth-order valence-electron chi connectivity index (χ4n) is 2.53. The molecule has 0 aromatic heterocycles. The quantitative estimate of drug-likeness (QED) is 0.352. The van der Waals surface area contributed by atoms with Crippen molar-refractivity contribution >= 4 is 17.6 Å². The number of hydrogen-bond acceptors (Lipinski definition) is 4. The summed E-state index contributed by atoms with van der Waals surface area (Å²) in [5.41, 5.74) is 2.48. The molecule has 0 saturated heterocycles. The molecule has 0 fully saturated rings. The minimum absolute atomic E-state index is 0.105. The number of nitrogens with zero attached hydrogens (tertiary/aromatic N) is 1. The van der Waals surface area contributed by atoms with E-state index in [4.69, 9.17) is 9.47 Å². The average molecular weight is 384 g/mol. The zero-order chi connectivity index (χ0) is 20.2. The van der Waals surface area contributed by atoms with Gasteiger partial charge < -0.3 is 25.4 Å². The second-order valence-corrected chi connectivity index (χ2v) is 6.05. The van der Waals surface area contributed by atoms with Crippen LogP contribution in [-0.2, 0) is 11.3 Å². The molecule has 1 amide bonds. The van der Waals surface area contributed by atoms with Crippen molar-refractivity contribution in [2.24, 2.45) is 4.99 Å². The molecule has 150 valence electrons. The van der Waals surface area contributed by atoms with Crippen molar-refractivity contribution in [2.45, 2.75) is 13.0 Å². The van der Waals surface area contributed by atoms with E-state index in [0.29, 0.717) is 31.3 Å². The van der Waals surface area contributed by atoms with Crippen LogP contribution < -0.4 is 20.7 Å². The van der Waals surface area contributed by atoms with Gasteiger partial charge in [0.25, 0.3) is 5.91 Å². The lowest BCUT2D eigenvalue weighted by Crippen LogP contribution is -2.30. The van der Waals surface area contributed by atoms with E-state index >= 15 is 0 Å². The Morgan fingerprint density at radius 2 is 1.93 bits per heavy atom. The molecule has 2 aromatic rings. The van der Waals surface area contributed by atoms with E-state index in [2.05, 4.69) is 20.9 Å². The van der Waals surface area contributed by atoms with E-state index in [-0.39, 0.29) is 5.91 Å². The molecule has 0 bridgehead atoms. The number of ether oxygens (including phenoxy) is 2. The third-order valence-corrected chi connectivity index (χ3v) is 3.96. The summed E-state index contributed by atoms with van der Waals surface area (Å²) in [4.78, 5) is 16.0. The maximum atomic E-state index is 11.8. The highest BCUT2D eigenvalue weighted by Crippen LogP contribution is 2.17. The fraction of sp³-hybridized carbons (Fsp3) is 0.333. The maximum absolute atomic E-state index is 11.8. The Balaban J connectivity index is 1.91. The van der Waals surface area contributed by atoms with Crippen LogP contribution in [0.2, 0.25) is 0 Å². The molecule has 0 spiro atoms. The van der Waals surface area contributed by atoms with Gasteiger partial charge in [0.1, 0.15) is 5.75 Å². The van der Waals surface area contributed by atoms with Gasteiger partial charge in [-0.05, 0) is 29.8 Å². The van der Waals surface area contributed by atoms with Crippen LogP contribution in [0.3, 0.4) is 0 Å². The highest BCUT2D eigenvalue weighted by Gasteiger charge is 2.05. The predicted molar refractivity (Wildman–Crippen MR) is 112 cm³/mol. The van der Waals surface area contributed by atoms with Crippen LogP contribution in [0.5, 0.6) is 5.75 Å². The van der Waals surface area contributed by atoms with Crippen LogP contribution in [0, 0.1) is 0 Å². The molecule has 0 aliphatic rings. The SMILES string of the molecule is CN=C(NCc1cccc(C(=O)NC)c1)Nc1cccc(OCCCOC)c1. The fourth-order valence-corrected chi connectivity index (χ4v) is 2.53. The molecule has 0 saturated carbocycles. The summed E-state index contributed by atoms with van der Waals surface area (Å²) in [5.74, 6) is 1.31. The molecule has 0 aliphatic heterocycles. The molecule has 2 rings (SSSR count). The molecular formula is C21H28N4O3. The van der Waals surface area contributed by atoms with Crippen LogP contribution in [-0.4, -0.2) is 46.3 Å². The van der Waals surface area contributed by atoms with Crippen molar-refractivity contribution < 1.29 is 14.3 Å². The summed E-state index contributed by atoms with van der Waals surface area (Å²) in [6.45, 7) is 1.82. The van der Waals surface area contributed by atoms with E-state index in [1.54, 1.807) is 27.3 Å². The molecule has 2 aromatic carbocycles. The number of hydrogen-bond donors (Lipinski definition) is 3. The normalized spacial score (nSPS) is 11.0. The lowest BCUT2D eigenvalue weighted by Gasteiger charge is -2.13. The van der Waals surface area contributed by atoms with Gasteiger partial charge in [0.15, 0.2) is 5.96 Å². The molecule has 0 aliphatic carbocycles. The lowest BCUT2D eigenvalue weighted by molar-refractivity contribution is 0.0963. The lowest BCUT2D eigenvalue weighted by atomic mass is 10.1. The zero-order valence-electron chi connectivity index (χ0n) is 16.6. The first-order chi connectivity index (χ1) is 13.7. The number of carbonyl (C=O) groups excluding carboxylic acids is 1. The Hall–Kier alpha value is -3.06. The summed E-state index contributed by atoms with van der Waals surface area (Å²) >= 11 is 0. The third-order valence-electron chi connectivity index (χ3n) is 3.96. The molecule has 0 heterocycles. The van der Waals surface area contributed by atoms with E-state index in [0.717, 1.165) is 23.4 Å². The Labute approximate surface area is 166 Å². The Morgan fingerprint density at radius 3 is 2.68 bits per heavy atom. The van der Waals surface area contributed by atoms with Gasteiger partial charge >= 0.3 is 0 Å². The standard InChI is InChI=1S/C21H28N4O3/c1-22-20(26)17-8-4-7-16(13-17)15-24-21(23-2)25-18-9-5-10-19(14-18)28-12-6-11-27-3/h4-5,7-10,13-14H,6,11-12,15H2,1-3H3,(H,22,26)(H2,23,24,25). The first-order valence-electron chi connectivity index (χ1n) is 9.16. The smallest absolute Gasteiger partial charge is 0.251 e. The largest absolute Gasteiger partial charge is 0.493 e. The maximum Gasteiger partial charge on any atom is 0.251 e. The number of aliphatic imine (C=N–C) groups is 1. The van der Waals surface area contributed by atoms with E-state index < -0.39 is 0 Å². The van der Waals surface area contributed by atoms with Crippen LogP contribution >= 0.6 is 0 Å². The molecule has 0 atom stereocenters. The average Bonchev–Trinajstić information content (AvgIpc) is 2.74. The van der Waals surface area contributed by atoms with Gasteiger partial charge in [-0.3, -0.25) is 9.79 Å². The summed E-state index contributed by atoms with van der Waals surface area (Å²) in [5, 5.41) is 9.12. The summed E-state index contributed by atoms with van der Waals surface area (Å²) in [6.07, 6.45) is 0.840. The number of methoxy groups -OCH3 is 1. The van der Waals surface area contributed by atoms with Crippen LogP contribution in [0.1, 0.15) is 22.3 Å². The molecule has 3 N–H and O–H groups in total. The number of anilines is 1. The minimum Gasteiger partial charge on any atom is -0.493 e. The zero-order valence-corrected chi connectivity index (χ0v) is 16.6. The van der Waals surface area contributed by atoms with Crippen LogP contribution in [0.4, 0.5) is 5.69 Å². The Morgan fingerprint density at radius 1 is 1.11 bits per heavy atom. The predicted octanol–water partition coefficient (Wildman–Crippen LogP) is 2.65. The molecule has 0 radical (unpaired) electrons. The second-order valence-electron chi connectivity index (χ2n) is 6.05. The highest BCUT2D eigenvalue weighted by molar-refractivity contribution is 5.94. The van der Waals surface area contributed by atoms with Crippen molar-refractivity contribution in [2.75, 3.05) is 39.7 Å². The minimum atomic E-state index is -0.105. The number of amides is 1. The molecule has 7 heteroatoms. The van der Waals surface area contributed by atoms with E-state index in [1.165, 1.54) is 0 Å². The first-order valence-corrected chi connectivity index (χ1v) is 9.16.